The fourth-order valence-corrected chi connectivity index (χ4v) is 4.24. The molecule has 1 heterocycles. The number of halogens is 1. The molecule has 0 radical (unpaired) electrons. The van der Waals surface area contributed by atoms with Crippen LogP contribution in [0.15, 0.2) is 24.3 Å². The van der Waals surface area contributed by atoms with Gasteiger partial charge >= 0.3 is 0 Å². The number of hydrogen-bond donors (Lipinski definition) is 2. The zero-order valence-corrected chi connectivity index (χ0v) is 15.6. The zero-order chi connectivity index (χ0) is 16.1. The molecule has 0 aromatic heterocycles. The van der Waals surface area contributed by atoms with Gasteiger partial charge in [-0.1, -0.05) is 42.7 Å². The molecule has 1 saturated heterocycles. The van der Waals surface area contributed by atoms with Gasteiger partial charge in [0, 0.05) is 6.42 Å². The van der Waals surface area contributed by atoms with E-state index in [-0.39, 0.29) is 23.9 Å². The monoisotopic (exact) mass is 350 g/mol. The summed E-state index contributed by atoms with van der Waals surface area (Å²) in [7, 11) is 0. The molecule has 1 aromatic rings. The van der Waals surface area contributed by atoms with E-state index >= 15 is 0 Å². The van der Waals surface area contributed by atoms with Crippen molar-refractivity contribution in [2.24, 2.45) is 5.92 Å². The maximum absolute atomic E-state index is 12.6. The van der Waals surface area contributed by atoms with E-state index in [0.29, 0.717) is 6.42 Å². The Bertz CT molecular complexity index is 534. The predicted molar refractivity (Wildman–Crippen MR) is 102 cm³/mol. The highest BCUT2D eigenvalue weighted by molar-refractivity contribution is 5.85. The third kappa shape index (κ3) is 4.73. The molecule has 2 N–H and O–H groups in total. The lowest BCUT2D eigenvalue weighted by Crippen LogP contribution is -2.44. The van der Waals surface area contributed by atoms with Gasteiger partial charge in [-0.2, -0.15) is 0 Å². The third-order valence-electron chi connectivity index (χ3n) is 5.64. The molecule has 0 bridgehead atoms. The second kappa shape index (κ2) is 8.87. The highest BCUT2D eigenvalue weighted by atomic mass is 35.5. The summed E-state index contributed by atoms with van der Waals surface area (Å²) in [5.74, 6) is 0.965. The van der Waals surface area contributed by atoms with Crippen molar-refractivity contribution in [1.29, 1.82) is 0 Å². The van der Waals surface area contributed by atoms with Gasteiger partial charge in [0.2, 0.25) is 5.91 Å². The normalized spacial score (nSPS) is 20.4. The first-order chi connectivity index (χ1) is 11.2. The van der Waals surface area contributed by atoms with E-state index < -0.39 is 0 Å². The predicted octanol–water partition coefficient (Wildman–Crippen LogP) is 4.08. The van der Waals surface area contributed by atoms with E-state index in [9.17, 15) is 4.79 Å². The molecular weight excluding hydrogens is 320 g/mol. The first-order valence-corrected chi connectivity index (χ1v) is 9.27. The van der Waals surface area contributed by atoms with E-state index in [1.165, 1.54) is 36.8 Å². The fourth-order valence-electron chi connectivity index (χ4n) is 4.24. The Morgan fingerprint density at radius 1 is 1.25 bits per heavy atom. The van der Waals surface area contributed by atoms with Gasteiger partial charge in [0.05, 0.1) is 5.54 Å². The van der Waals surface area contributed by atoms with Crippen LogP contribution in [0.3, 0.4) is 0 Å². The first-order valence-electron chi connectivity index (χ1n) is 9.27. The lowest BCUT2D eigenvalue weighted by Gasteiger charge is -2.32. The summed E-state index contributed by atoms with van der Waals surface area (Å²) in [5, 5.41) is 6.81. The van der Waals surface area contributed by atoms with Gasteiger partial charge in [0.1, 0.15) is 0 Å². The fraction of sp³-hybridized carbons (Fsp3) is 0.650. The van der Waals surface area contributed by atoms with E-state index in [1.807, 2.05) is 0 Å². The van der Waals surface area contributed by atoms with Crippen molar-refractivity contribution in [3.63, 3.8) is 0 Å². The highest BCUT2D eigenvalue weighted by Crippen LogP contribution is 2.39. The number of carbonyl (C=O) groups excluding carboxylic acids is 1. The summed E-state index contributed by atoms with van der Waals surface area (Å²) in [6.45, 7) is 4.35. The molecule has 1 amide bonds. The molecule has 1 aromatic carbocycles. The summed E-state index contributed by atoms with van der Waals surface area (Å²) < 4.78 is 0. The minimum atomic E-state index is -0.114. The van der Waals surface area contributed by atoms with Crippen molar-refractivity contribution in [2.75, 3.05) is 13.1 Å². The molecule has 3 rings (SSSR count). The van der Waals surface area contributed by atoms with Crippen LogP contribution >= 0.6 is 12.4 Å². The van der Waals surface area contributed by atoms with E-state index in [0.717, 1.165) is 38.3 Å². The molecule has 0 unspecified atom stereocenters. The topological polar surface area (TPSA) is 41.1 Å². The highest BCUT2D eigenvalue weighted by Gasteiger charge is 2.36. The molecule has 0 spiro atoms. The minimum absolute atomic E-state index is 0. The Morgan fingerprint density at radius 3 is 2.62 bits per heavy atom. The summed E-state index contributed by atoms with van der Waals surface area (Å²) >= 11 is 0. The Kier molecular flexibility index (Phi) is 7.12. The molecule has 3 nitrogen and oxygen atoms in total. The van der Waals surface area contributed by atoms with Gasteiger partial charge in [-0.15, -0.1) is 12.4 Å². The molecule has 134 valence electrons. The summed E-state index contributed by atoms with van der Waals surface area (Å²) in [6, 6.07) is 8.68. The van der Waals surface area contributed by atoms with Crippen molar-refractivity contribution in [3.8, 4) is 0 Å². The van der Waals surface area contributed by atoms with Crippen LogP contribution in [0.1, 0.15) is 62.5 Å². The number of carbonyl (C=O) groups is 1. The van der Waals surface area contributed by atoms with Crippen molar-refractivity contribution in [1.82, 2.24) is 10.6 Å². The average molecular weight is 351 g/mol. The largest absolute Gasteiger partial charge is 0.347 e. The van der Waals surface area contributed by atoms with E-state index in [2.05, 4.69) is 41.8 Å². The van der Waals surface area contributed by atoms with Crippen LogP contribution in [0.5, 0.6) is 0 Å². The number of aryl methyl sites for hydroxylation is 1. The van der Waals surface area contributed by atoms with Crippen LogP contribution in [0.2, 0.25) is 0 Å². The smallest absolute Gasteiger partial charge is 0.220 e. The van der Waals surface area contributed by atoms with Gasteiger partial charge in [0.25, 0.3) is 0 Å². The second-order valence-electron chi connectivity index (χ2n) is 7.44. The number of amides is 1. The molecule has 1 aliphatic heterocycles. The van der Waals surface area contributed by atoms with E-state index in [1.54, 1.807) is 0 Å². The summed E-state index contributed by atoms with van der Waals surface area (Å²) in [4.78, 5) is 12.6. The lowest BCUT2D eigenvalue weighted by atomic mass is 9.86. The van der Waals surface area contributed by atoms with Gasteiger partial charge in [0.15, 0.2) is 0 Å². The summed E-state index contributed by atoms with van der Waals surface area (Å²) in [5.41, 5.74) is 2.46. The Hall–Kier alpha value is -1.06. The summed E-state index contributed by atoms with van der Waals surface area (Å²) in [6.07, 6.45) is 8.73. The molecule has 1 saturated carbocycles. The lowest BCUT2D eigenvalue weighted by molar-refractivity contribution is -0.123. The number of rotatable bonds is 5. The van der Waals surface area contributed by atoms with Gasteiger partial charge in [-0.3, -0.25) is 4.79 Å². The number of hydrogen-bond acceptors (Lipinski definition) is 2. The van der Waals surface area contributed by atoms with Crippen LogP contribution in [-0.2, 0) is 10.3 Å². The number of piperidine rings is 1. The van der Waals surface area contributed by atoms with Gasteiger partial charge < -0.3 is 10.6 Å². The standard InChI is InChI=1S/C20H30N2O.ClH/c1-16-5-4-6-18(15-16)20(11-2-3-12-20)22-19(23)8-7-17-9-13-21-14-10-17;/h4-6,15,17,21H,2-3,7-14H2,1H3,(H,22,23);1H. The zero-order valence-electron chi connectivity index (χ0n) is 14.8. The number of nitrogens with one attached hydrogen (secondary N) is 2. The SMILES string of the molecule is Cc1cccc(C2(NC(=O)CCC3CCNCC3)CCCC2)c1.Cl. The maximum Gasteiger partial charge on any atom is 0.220 e. The Balaban J connectivity index is 0.00000208. The molecule has 24 heavy (non-hydrogen) atoms. The van der Waals surface area contributed by atoms with Crippen molar-refractivity contribution in [3.05, 3.63) is 35.4 Å². The first kappa shape index (κ1) is 19.3. The van der Waals surface area contributed by atoms with Crippen LogP contribution in [0.25, 0.3) is 0 Å². The quantitative estimate of drug-likeness (QED) is 0.840. The molecule has 4 heteroatoms. The Morgan fingerprint density at radius 2 is 1.96 bits per heavy atom. The van der Waals surface area contributed by atoms with Gasteiger partial charge in [-0.25, -0.2) is 0 Å². The van der Waals surface area contributed by atoms with Crippen LogP contribution in [-0.4, -0.2) is 19.0 Å². The average Bonchev–Trinajstić information content (AvgIpc) is 3.04. The molecular formula is C20H31ClN2O. The molecule has 2 aliphatic rings. The van der Waals surface area contributed by atoms with E-state index in [4.69, 9.17) is 0 Å². The maximum atomic E-state index is 12.6. The minimum Gasteiger partial charge on any atom is -0.347 e. The Labute approximate surface area is 152 Å². The third-order valence-corrected chi connectivity index (χ3v) is 5.64. The van der Waals surface area contributed by atoms with Crippen LogP contribution < -0.4 is 10.6 Å². The second-order valence-corrected chi connectivity index (χ2v) is 7.44. The van der Waals surface area contributed by atoms with Gasteiger partial charge in [-0.05, 0) is 63.6 Å². The van der Waals surface area contributed by atoms with Crippen molar-refractivity contribution < 1.29 is 4.79 Å². The number of benzene rings is 1. The molecule has 1 aliphatic carbocycles. The van der Waals surface area contributed by atoms with Crippen molar-refractivity contribution in [2.45, 2.75) is 63.8 Å². The van der Waals surface area contributed by atoms with Crippen LogP contribution in [0.4, 0.5) is 0 Å². The molecule has 2 fully saturated rings. The van der Waals surface area contributed by atoms with Crippen molar-refractivity contribution >= 4 is 18.3 Å². The van der Waals surface area contributed by atoms with Crippen LogP contribution in [0, 0.1) is 12.8 Å². The molecule has 0 atom stereocenters.